The SMILES string of the molecule is CCCC(CN)N(C)c1ccccc1. The van der Waals surface area contributed by atoms with Crippen molar-refractivity contribution in [1.82, 2.24) is 0 Å². The van der Waals surface area contributed by atoms with Gasteiger partial charge in [-0.05, 0) is 18.6 Å². The lowest BCUT2D eigenvalue weighted by molar-refractivity contribution is 0.580. The van der Waals surface area contributed by atoms with Gasteiger partial charge < -0.3 is 10.6 Å². The highest BCUT2D eigenvalue weighted by molar-refractivity contribution is 5.46. The summed E-state index contributed by atoms with van der Waals surface area (Å²) in [5.74, 6) is 0. The van der Waals surface area contributed by atoms with E-state index in [1.165, 1.54) is 12.1 Å². The first-order valence-corrected chi connectivity index (χ1v) is 5.27. The Bertz CT molecular complexity index is 246. The van der Waals surface area contributed by atoms with Crippen molar-refractivity contribution >= 4 is 5.69 Å². The molecular weight excluding hydrogens is 172 g/mol. The zero-order chi connectivity index (χ0) is 10.4. The summed E-state index contributed by atoms with van der Waals surface area (Å²) in [6.45, 7) is 2.92. The van der Waals surface area contributed by atoms with Gasteiger partial charge in [-0.2, -0.15) is 0 Å². The summed E-state index contributed by atoms with van der Waals surface area (Å²) in [4.78, 5) is 2.27. The first-order chi connectivity index (χ1) is 6.79. The summed E-state index contributed by atoms with van der Waals surface area (Å²) in [5.41, 5.74) is 7.00. The van der Waals surface area contributed by atoms with Crippen LogP contribution in [0.2, 0.25) is 0 Å². The number of likely N-dealkylation sites (N-methyl/N-ethyl adjacent to an activating group) is 1. The molecule has 0 amide bonds. The van der Waals surface area contributed by atoms with Gasteiger partial charge in [-0.1, -0.05) is 31.5 Å². The van der Waals surface area contributed by atoms with Crippen LogP contribution in [-0.2, 0) is 0 Å². The van der Waals surface area contributed by atoms with E-state index in [-0.39, 0.29) is 0 Å². The van der Waals surface area contributed by atoms with Gasteiger partial charge in [0.15, 0.2) is 0 Å². The Balaban J connectivity index is 2.67. The van der Waals surface area contributed by atoms with E-state index in [0.29, 0.717) is 6.04 Å². The molecule has 0 aliphatic carbocycles. The number of anilines is 1. The molecule has 0 radical (unpaired) electrons. The minimum atomic E-state index is 0.461. The van der Waals surface area contributed by atoms with Gasteiger partial charge in [-0.3, -0.25) is 0 Å². The van der Waals surface area contributed by atoms with Gasteiger partial charge in [0.1, 0.15) is 0 Å². The maximum Gasteiger partial charge on any atom is 0.0409 e. The van der Waals surface area contributed by atoms with Crippen LogP contribution in [0.5, 0.6) is 0 Å². The molecule has 0 bridgehead atoms. The Morgan fingerprint density at radius 3 is 2.43 bits per heavy atom. The topological polar surface area (TPSA) is 29.3 Å². The normalized spacial score (nSPS) is 12.5. The summed E-state index contributed by atoms with van der Waals surface area (Å²) >= 11 is 0. The molecule has 0 saturated carbocycles. The van der Waals surface area contributed by atoms with Crippen molar-refractivity contribution in [2.24, 2.45) is 5.73 Å². The summed E-state index contributed by atoms with van der Waals surface area (Å²) in [6.07, 6.45) is 2.33. The van der Waals surface area contributed by atoms with Crippen molar-refractivity contribution in [3.63, 3.8) is 0 Å². The Morgan fingerprint density at radius 2 is 1.93 bits per heavy atom. The van der Waals surface area contributed by atoms with E-state index in [0.717, 1.165) is 13.0 Å². The fraction of sp³-hybridized carbons (Fsp3) is 0.500. The minimum absolute atomic E-state index is 0.461. The van der Waals surface area contributed by atoms with Crippen molar-refractivity contribution in [2.75, 3.05) is 18.5 Å². The van der Waals surface area contributed by atoms with Crippen molar-refractivity contribution < 1.29 is 0 Å². The smallest absolute Gasteiger partial charge is 0.0409 e. The third kappa shape index (κ3) is 2.74. The predicted molar refractivity (Wildman–Crippen MR) is 62.6 cm³/mol. The monoisotopic (exact) mass is 192 g/mol. The Labute approximate surface area is 86.7 Å². The highest BCUT2D eigenvalue weighted by atomic mass is 15.1. The number of para-hydroxylation sites is 1. The first-order valence-electron chi connectivity index (χ1n) is 5.27. The lowest BCUT2D eigenvalue weighted by atomic mass is 10.1. The molecule has 0 aliphatic heterocycles. The molecule has 2 nitrogen and oxygen atoms in total. The minimum Gasteiger partial charge on any atom is -0.370 e. The summed E-state index contributed by atoms with van der Waals surface area (Å²) in [7, 11) is 2.11. The molecule has 0 spiro atoms. The second-order valence-corrected chi connectivity index (χ2v) is 3.62. The number of rotatable bonds is 5. The van der Waals surface area contributed by atoms with E-state index in [2.05, 4.69) is 43.1 Å². The molecule has 1 aromatic rings. The van der Waals surface area contributed by atoms with E-state index < -0.39 is 0 Å². The molecule has 2 heteroatoms. The first kappa shape index (κ1) is 11.1. The van der Waals surface area contributed by atoms with Crippen LogP contribution in [0.1, 0.15) is 19.8 Å². The second kappa shape index (κ2) is 5.66. The van der Waals surface area contributed by atoms with Crippen molar-refractivity contribution in [3.8, 4) is 0 Å². The summed E-state index contributed by atoms with van der Waals surface area (Å²) in [6, 6.07) is 10.9. The van der Waals surface area contributed by atoms with Crippen LogP contribution in [0.15, 0.2) is 30.3 Å². The van der Waals surface area contributed by atoms with Crippen LogP contribution in [0, 0.1) is 0 Å². The van der Waals surface area contributed by atoms with Gasteiger partial charge in [-0.25, -0.2) is 0 Å². The standard InChI is InChI=1S/C12H20N2/c1-3-7-12(10-13)14(2)11-8-5-4-6-9-11/h4-6,8-9,12H,3,7,10,13H2,1-2H3. The lowest BCUT2D eigenvalue weighted by Crippen LogP contribution is -2.37. The van der Waals surface area contributed by atoms with E-state index in [4.69, 9.17) is 5.73 Å². The van der Waals surface area contributed by atoms with Gasteiger partial charge in [0.2, 0.25) is 0 Å². The number of hydrogen-bond donors (Lipinski definition) is 1. The number of benzene rings is 1. The molecule has 1 rings (SSSR count). The van der Waals surface area contributed by atoms with Crippen LogP contribution < -0.4 is 10.6 Å². The van der Waals surface area contributed by atoms with Crippen LogP contribution in [0.3, 0.4) is 0 Å². The van der Waals surface area contributed by atoms with Crippen LogP contribution in [0.4, 0.5) is 5.69 Å². The molecule has 78 valence electrons. The Morgan fingerprint density at radius 1 is 1.29 bits per heavy atom. The third-order valence-corrected chi connectivity index (χ3v) is 2.61. The van der Waals surface area contributed by atoms with Crippen LogP contribution >= 0.6 is 0 Å². The lowest BCUT2D eigenvalue weighted by Gasteiger charge is -2.28. The largest absolute Gasteiger partial charge is 0.370 e. The quantitative estimate of drug-likeness (QED) is 0.775. The van der Waals surface area contributed by atoms with Crippen LogP contribution in [0.25, 0.3) is 0 Å². The van der Waals surface area contributed by atoms with Gasteiger partial charge in [0.05, 0.1) is 0 Å². The molecule has 1 unspecified atom stereocenters. The molecule has 14 heavy (non-hydrogen) atoms. The van der Waals surface area contributed by atoms with Crippen molar-refractivity contribution in [1.29, 1.82) is 0 Å². The van der Waals surface area contributed by atoms with E-state index in [9.17, 15) is 0 Å². The van der Waals surface area contributed by atoms with E-state index in [1.807, 2.05) is 6.07 Å². The number of hydrogen-bond acceptors (Lipinski definition) is 2. The average Bonchev–Trinajstić information content (AvgIpc) is 2.26. The maximum atomic E-state index is 5.76. The molecular formula is C12H20N2. The zero-order valence-electron chi connectivity index (χ0n) is 9.11. The van der Waals surface area contributed by atoms with Gasteiger partial charge >= 0.3 is 0 Å². The van der Waals surface area contributed by atoms with Crippen molar-refractivity contribution in [2.45, 2.75) is 25.8 Å². The molecule has 0 saturated heterocycles. The van der Waals surface area contributed by atoms with Gasteiger partial charge in [0.25, 0.3) is 0 Å². The predicted octanol–water partition coefficient (Wildman–Crippen LogP) is 2.25. The fourth-order valence-corrected chi connectivity index (χ4v) is 1.68. The fourth-order valence-electron chi connectivity index (χ4n) is 1.68. The number of nitrogens with zero attached hydrogens (tertiary/aromatic N) is 1. The molecule has 0 aromatic heterocycles. The highest BCUT2D eigenvalue weighted by Crippen LogP contribution is 2.16. The molecule has 2 N–H and O–H groups in total. The highest BCUT2D eigenvalue weighted by Gasteiger charge is 2.11. The maximum absolute atomic E-state index is 5.76. The third-order valence-electron chi connectivity index (χ3n) is 2.61. The summed E-state index contributed by atoms with van der Waals surface area (Å²) in [5, 5.41) is 0. The Hall–Kier alpha value is -1.02. The second-order valence-electron chi connectivity index (χ2n) is 3.62. The number of nitrogens with two attached hydrogens (primary N) is 1. The van der Waals surface area contributed by atoms with Crippen LogP contribution in [-0.4, -0.2) is 19.6 Å². The van der Waals surface area contributed by atoms with Gasteiger partial charge in [0, 0.05) is 25.3 Å². The van der Waals surface area contributed by atoms with Gasteiger partial charge in [-0.15, -0.1) is 0 Å². The van der Waals surface area contributed by atoms with E-state index in [1.54, 1.807) is 0 Å². The Kier molecular flexibility index (Phi) is 4.47. The molecule has 1 aromatic carbocycles. The molecule has 0 heterocycles. The average molecular weight is 192 g/mol. The van der Waals surface area contributed by atoms with Crippen molar-refractivity contribution in [3.05, 3.63) is 30.3 Å². The zero-order valence-corrected chi connectivity index (χ0v) is 9.11. The summed E-state index contributed by atoms with van der Waals surface area (Å²) < 4.78 is 0. The molecule has 0 aliphatic rings. The van der Waals surface area contributed by atoms with E-state index >= 15 is 0 Å². The molecule has 1 atom stereocenters. The molecule has 0 fully saturated rings.